The van der Waals surface area contributed by atoms with Gasteiger partial charge in [-0.3, -0.25) is 9.59 Å². The van der Waals surface area contributed by atoms with Crippen LogP contribution in [0.15, 0.2) is 0 Å². The fourth-order valence-electron chi connectivity index (χ4n) is 4.65. The zero-order valence-corrected chi connectivity index (χ0v) is 24.5. The van der Waals surface area contributed by atoms with Crippen LogP contribution in [-0.4, -0.2) is 52.7 Å². The maximum absolute atomic E-state index is 13.1. The molecule has 0 aliphatic heterocycles. The summed E-state index contributed by atoms with van der Waals surface area (Å²) < 4.78 is 0. The number of nitrogens with one attached hydrogen (secondary N) is 2. The van der Waals surface area contributed by atoms with E-state index in [1.807, 2.05) is 0 Å². The summed E-state index contributed by atoms with van der Waals surface area (Å²) in [5.41, 5.74) is 6.14. The van der Waals surface area contributed by atoms with Crippen molar-refractivity contribution in [2.75, 3.05) is 6.61 Å². The van der Waals surface area contributed by atoms with Crippen LogP contribution in [0.25, 0.3) is 0 Å². The number of amides is 2. The van der Waals surface area contributed by atoms with Gasteiger partial charge in [0.2, 0.25) is 11.8 Å². The summed E-state index contributed by atoms with van der Waals surface area (Å²) >= 11 is 0. The first-order valence-corrected chi connectivity index (χ1v) is 15.6. The number of carbonyl (C=O) groups is 3. The normalized spacial score (nSPS) is 13.6. The van der Waals surface area contributed by atoms with Crippen molar-refractivity contribution in [2.24, 2.45) is 5.73 Å². The minimum absolute atomic E-state index is 0.202. The van der Waals surface area contributed by atoms with Crippen LogP contribution in [-0.2, 0) is 14.4 Å². The fourth-order valence-corrected chi connectivity index (χ4v) is 4.65. The molecule has 8 heteroatoms. The number of carboxylic acids is 1. The number of carbonyl (C=O) groups excluding carboxylic acids is 2. The maximum atomic E-state index is 13.1. The van der Waals surface area contributed by atoms with Gasteiger partial charge in [0, 0.05) is 6.61 Å². The molecule has 0 heterocycles. The quantitative estimate of drug-likeness (QED) is 0.0858. The van der Waals surface area contributed by atoms with E-state index in [1.165, 1.54) is 25.7 Å². The second kappa shape index (κ2) is 25.6. The summed E-state index contributed by atoms with van der Waals surface area (Å²) in [5.74, 6) is -1.82. The maximum Gasteiger partial charge on any atom is 0.326 e. The van der Waals surface area contributed by atoms with Gasteiger partial charge >= 0.3 is 5.97 Å². The molecule has 6 N–H and O–H groups in total. The van der Waals surface area contributed by atoms with Gasteiger partial charge in [-0.15, -0.1) is 0 Å². The molecule has 0 aliphatic carbocycles. The lowest BCUT2D eigenvalue weighted by atomic mass is 10.0. The Balaban J connectivity index is 4.82. The monoisotopic (exact) mass is 541 g/mol. The molecule has 0 saturated heterocycles. The first-order valence-electron chi connectivity index (χ1n) is 15.6. The number of aliphatic carboxylic acids is 1. The Morgan fingerprint density at radius 3 is 1.45 bits per heavy atom. The minimum Gasteiger partial charge on any atom is -0.480 e. The summed E-state index contributed by atoms with van der Waals surface area (Å²) in [4.78, 5) is 37.7. The van der Waals surface area contributed by atoms with Crippen LogP contribution in [0.5, 0.6) is 0 Å². The number of hydrogen-bond acceptors (Lipinski definition) is 5. The standard InChI is InChI=1S/C30H59N3O5/c1-3-5-7-9-13-17-21-25(31)28(35)32-26(22-18-14-10-8-6-4-2)29(36)33-27(30(37)38)23-19-15-11-12-16-20-24-34/h25-27,34H,3-24,31H2,1-2H3,(H,32,35)(H,33,36)(H,37,38). The average Bonchev–Trinajstić information content (AvgIpc) is 2.90. The topological polar surface area (TPSA) is 142 Å². The lowest BCUT2D eigenvalue weighted by molar-refractivity contribution is -0.142. The van der Waals surface area contributed by atoms with Crippen molar-refractivity contribution < 1.29 is 24.6 Å². The number of hydrogen-bond donors (Lipinski definition) is 5. The molecule has 8 nitrogen and oxygen atoms in total. The van der Waals surface area contributed by atoms with Crippen LogP contribution >= 0.6 is 0 Å². The highest BCUT2D eigenvalue weighted by Crippen LogP contribution is 2.13. The van der Waals surface area contributed by atoms with E-state index < -0.39 is 30.0 Å². The molecule has 224 valence electrons. The van der Waals surface area contributed by atoms with E-state index in [0.717, 1.165) is 83.5 Å². The largest absolute Gasteiger partial charge is 0.480 e. The highest BCUT2D eigenvalue weighted by molar-refractivity contribution is 5.91. The summed E-state index contributed by atoms with van der Waals surface area (Å²) in [5, 5.41) is 24.0. The molecule has 0 radical (unpaired) electrons. The predicted octanol–water partition coefficient (Wildman–Crippen LogP) is 5.59. The number of rotatable bonds is 27. The molecule has 3 atom stereocenters. The van der Waals surface area contributed by atoms with Crippen molar-refractivity contribution in [3.8, 4) is 0 Å². The number of carboxylic acid groups (broad SMARTS) is 1. The van der Waals surface area contributed by atoms with Crippen LogP contribution < -0.4 is 16.4 Å². The average molecular weight is 542 g/mol. The molecule has 0 bridgehead atoms. The van der Waals surface area contributed by atoms with Crippen molar-refractivity contribution in [1.82, 2.24) is 10.6 Å². The summed E-state index contributed by atoms with van der Waals surface area (Å²) in [7, 11) is 0. The third-order valence-corrected chi connectivity index (χ3v) is 7.20. The van der Waals surface area contributed by atoms with Crippen molar-refractivity contribution in [1.29, 1.82) is 0 Å². The molecule has 3 unspecified atom stereocenters. The molecule has 0 fully saturated rings. The van der Waals surface area contributed by atoms with Crippen LogP contribution in [0.1, 0.15) is 149 Å². The Labute approximate surface area is 232 Å². The van der Waals surface area contributed by atoms with Crippen molar-refractivity contribution in [3.05, 3.63) is 0 Å². The van der Waals surface area contributed by atoms with Gasteiger partial charge in [-0.05, 0) is 25.7 Å². The molecule has 0 rings (SSSR count). The van der Waals surface area contributed by atoms with E-state index in [-0.39, 0.29) is 12.5 Å². The van der Waals surface area contributed by atoms with Gasteiger partial charge in [0.1, 0.15) is 12.1 Å². The highest BCUT2D eigenvalue weighted by Gasteiger charge is 2.27. The molecule has 0 aromatic carbocycles. The highest BCUT2D eigenvalue weighted by atomic mass is 16.4. The Morgan fingerprint density at radius 2 is 0.974 bits per heavy atom. The first-order chi connectivity index (χ1) is 18.4. The molecular weight excluding hydrogens is 482 g/mol. The van der Waals surface area contributed by atoms with E-state index in [1.54, 1.807) is 0 Å². The number of aliphatic hydroxyl groups is 1. The molecule has 0 aliphatic rings. The van der Waals surface area contributed by atoms with Crippen LogP contribution in [0.3, 0.4) is 0 Å². The zero-order valence-electron chi connectivity index (χ0n) is 24.5. The van der Waals surface area contributed by atoms with Gasteiger partial charge in [0.05, 0.1) is 6.04 Å². The molecule has 0 spiro atoms. The molecule has 38 heavy (non-hydrogen) atoms. The predicted molar refractivity (Wildman–Crippen MR) is 155 cm³/mol. The SMILES string of the molecule is CCCCCCCCC(N)C(=O)NC(CCCCCCCC)C(=O)NC(CCCCCCCCO)C(=O)O. The van der Waals surface area contributed by atoms with Crippen molar-refractivity contribution in [3.63, 3.8) is 0 Å². The zero-order chi connectivity index (χ0) is 28.4. The summed E-state index contributed by atoms with van der Waals surface area (Å²) in [6.45, 7) is 4.55. The third kappa shape index (κ3) is 20.3. The molecule has 2 amide bonds. The molecule has 0 aromatic heterocycles. The number of aliphatic hydroxyl groups excluding tert-OH is 1. The number of nitrogens with two attached hydrogens (primary N) is 1. The van der Waals surface area contributed by atoms with Gasteiger partial charge in [-0.25, -0.2) is 4.79 Å². The Hall–Kier alpha value is -1.67. The molecule has 0 aromatic rings. The smallest absolute Gasteiger partial charge is 0.326 e. The van der Waals surface area contributed by atoms with Gasteiger partial charge in [-0.1, -0.05) is 123 Å². The summed E-state index contributed by atoms with van der Waals surface area (Å²) in [6.07, 6.45) is 19.8. The Morgan fingerprint density at radius 1 is 0.579 bits per heavy atom. The fraction of sp³-hybridized carbons (Fsp3) is 0.900. The van der Waals surface area contributed by atoms with Crippen molar-refractivity contribution >= 4 is 17.8 Å². The van der Waals surface area contributed by atoms with Crippen LogP contribution in [0.2, 0.25) is 0 Å². The van der Waals surface area contributed by atoms with Gasteiger partial charge in [0.15, 0.2) is 0 Å². The second-order valence-corrected chi connectivity index (χ2v) is 10.8. The van der Waals surface area contributed by atoms with Crippen molar-refractivity contribution in [2.45, 2.75) is 167 Å². The van der Waals surface area contributed by atoms with Gasteiger partial charge < -0.3 is 26.6 Å². The van der Waals surface area contributed by atoms with E-state index in [2.05, 4.69) is 24.5 Å². The molecule has 0 saturated carbocycles. The Bertz CT molecular complexity index is 602. The molecular formula is C30H59N3O5. The second-order valence-electron chi connectivity index (χ2n) is 10.8. The minimum atomic E-state index is -1.05. The Kier molecular flexibility index (Phi) is 24.5. The lowest BCUT2D eigenvalue weighted by Crippen LogP contribution is -2.54. The third-order valence-electron chi connectivity index (χ3n) is 7.20. The van der Waals surface area contributed by atoms with E-state index in [4.69, 9.17) is 10.8 Å². The van der Waals surface area contributed by atoms with Gasteiger partial charge in [-0.2, -0.15) is 0 Å². The van der Waals surface area contributed by atoms with Gasteiger partial charge in [0.25, 0.3) is 0 Å². The van der Waals surface area contributed by atoms with E-state index >= 15 is 0 Å². The van der Waals surface area contributed by atoms with E-state index in [0.29, 0.717) is 25.7 Å². The van der Waals surface area contributed by atoms with Crippen LogP contribution in [0, 0.1) is 0 Å². The summed E-state index contributed by atoms with van der Waals surface area (Å²) in [6, 6.07) is -2.41. The lowest BCUT2D eigenvalue weighted by Gasteiger charge is -2.23. The van der Waals surface area contributed by atoms with Crippen LogP contribution in [0.4, 0.5) is 0 Å². The van der Waals surface area contributed by atoms with E-state index in [9.17, 15) is 19.5 Å². The first kappa shape index (κ1) is 36.3. The number of unbranched alkanes of at least 4 members (excludes halogenated alkanes) is 15.